The van der Waals surface area contributed by atoms with Crippen molar-refractivity contribution in [3.8, 4) is 0 Å². The number of nitrogens with zero attached hydrogens (tertiary/aromatic N) is 6. The Labute approximate surface area is 125 Å². The Kier molecular flexibility index (Phi) is 3.19. The van der Waals surface area contributed by atoms with E-state index in [9.17, 15) is 0 Å². The van der Waals surface area contributed by atoms with Gasteiger partial charge in [-0.25, -0.2) is 19.6 Å². The van der Waals surface area contributed by atoms with Crippen LogP contribution < -0.4 is 5.32 Å². The standard InChI is InChI=1S/C13H15N7O2/c1-21-5-10-9(17-7-22-10)4-14-12-11-13(16-6-15-12)20(19-18-11)8-2-3-8/h6-8H,2-5H2,1H3,(H,14,15,16). The number of ether oxygens (including phenoxy) is 1. The van der Waals surface area contributed by atoms with Crippen molar-refractivity contribution in [1.82, 2.24) is 29.9 Å². The van der Waals surface area contributed by atoms with Crippen molar-refractivity contribution in [2.24, 2.45) is 0 Å². The van der Waals surface area contributed by atoms with Gasteiger partial charge in [0.2, 0.25) is 0 Å². The molecule has 9 nitrogen and oxygen atoms in total. The highest BCUT2D eigenvalue weighted by atomic mass is 16.5. The highest BCUT2D eigenvalue weighted by Gasteiger charge is 2.28. The maximum Gasteiger partial charge on any atom is 0.184 e. The quantitative estimate of drug-likeness (QED) is 0.726. The summed E-state index contributed by atoms with van der Waals surface area (Å²) in [5, 5.41) is 11.6. The van der Waals surface area contributed by atoms with E-state index in [-0.39, 0.29) is 0 Å². The van der Waals surface area contributed by atoms with Gasteiger partial charge in [-0.2, -0.15) is 0 Å². The molecule has 1 aliphatic rings. The second-order valence-corrected chi connectivity index (χ2v) is 5.17. The fourth-order valence-electron chi connectivity index (χ4n) is 2.31. The average molecular weight is 301 g/mol. The van der Waals surface area contributed by atoms with Crippen molar-refractivity contribution < 1.29 is 9.15 Å². The second kappa shape index (κ2) is 5.34. The fourth-order valence-corrected chi connectivity index (χ4v) is 2.31. The van der Waals surface area contributed by atoms with E-state index in [4.69, 9.17) is 9.15 Å². The van der Waals surface area contributed by atoms with Crippen LogP contribution in [0.5, 0.6) is 0 Å². The van der Waals surface area contributed by atoms with Gasteiger partial charge in [0, 0.05) is 7.11 Å². The van der Waals surface area contributed by atoms with E-state index in [1.807, 2.05) is 4.68 Å². The number of anilines is 1. The summed E-state index contributed by atoms with van der Waals surface area (Å²) in [6.45, 7) is 0.853. The number of nitrogens with one attached hydrogen (secondary N) is 1. The summed E-state index contributed by atoms with van der Waals surface area (Å²) in [5.74, 6) is 1.34. The van der Waals surface area contributed by atoms with Crippen LogP contribution >= 0.6 is 0 Å². The Morgan fingerprint density at radius 3 is 3.09 bits per heavy atom. The van der Waals surface area contributed by atoms with E-state index in [0.717, 1.165) is 24.2 Å². The third-order valence-electron chi connectivity index (χ3n) is 3.58. The van der Waals surface area contributed by atoms with Gasteiger partial charge in [0.25, 0.3) is 0 Å². The van der Waals surface area contributed by atoms with Crippen LogP contribution in [0.1, 0.15) is 30.3 Å². The predicted molar refractivity (Wildman–Crippen MR) is 75.9 cm³/mol. The number of fused-ring (bicyclic) bond motifs is 1. The van der Waals surface area contributed by atoms with E-state index < -0.39 is 0 Å². The second-order valence-electron chi connectivity index (χ2n) is 5.17. The minimum atomic E-state index is 0.383. The third kappa shape index (κ3) is 2.29. The molecular formula is C13H15N7O2. The molecule has 1 fully saturated rings. The maximum atomic E-state index is 5.28. The normalized spacial score (nSPS) is 14.6. The lowest BCUT2D eigenvalue weighted by Gasteiger charge is -2.05. The number of hydrogen-bond donors (Lipinski definition) is 1. The van der Waals surface area contributed by atoms with E-state index in [1.165, 1.54) is 12.7 Å². The molecule has 0 unspecified atom stereocenters. The highest BCUT2D eigenvalue weighted by Crippen LogP contribution is 2.36. The maximum absolute atomic E-state index is 5.28. The van der Waals surface area contributed by atoms with Crippen molar-refractivity contribution >= 4 is 17.0 Å². The zero-order valence-corrected chi connectivity index (χ0v) is 12.1. The largest absolute Gasteiger partial charge is 0.446 e. The van der Waals surface area contributed by atoms with Gasteiger partial charge in [0.1, 0.15) is 18.6 Å². The zero-order chi connectivity index (χ0) is 14.9. The fraction of sp³-hybridized carbons (Fsp3) is 0.462. The molecule has 0 bridgehead atoms. The zero-order valence-electron chi connectivity index (χ0n) is 12.1. The summed E-state index contributed by atoms with van der Waals surface area (Å²) in [6, 6.07) is 0.427. The molecule has 0 saturated heterocycles. The van der Waals surface area contributed by atoms with E-state index in [2.05, 4.69) is 30.6 Å². The molecule has 4 rings (SSSR count). The van der Waals surface area contributed by atoms with Crippen LogP contribution in [-0.4, -0.2) is 37.1 Å². The molecular weight excluding hydrogens is 286 g/mol. The predicted octanol–water partition coefficient (Wildman–Crippen LogP) is 1.30. The van der Waals surface area contributed by atoms with Gasteiger partial charge in [-0.15, -0.1) is 5.10 Å². The monoisotopic (exact) mass is 301 g/mol. The summed E-state index contributed by atoms with van der Waals surface area (Å²) in [5.41, 5.74) is 2.21. The molecule has 0 aromatic carbocycles. The van der Waals surface area contributed by atoms with Gasteiger partial charge >= 0.3 is 0 Å². The lowest BCUT2D eigenvalue weighted by Crippen LogP contribution is -2.05. The molecule has 1 N–H and O–H groups in total. The van der Waals surface area contributed by atoms with Gasteiger partial charge in [-0.1, -0.05) is 5.21 Å². The summed E-state index contributed by atoms with van der Waals surface area (Å²) < 4.78 is 12.2. The van der Waals surface area contributed by atoms with Crippen LogP contribution in [0.25, 0.3) is 11.2 Å². The lowest BCUT2D eigenvalue weighted by atomic mass is 10.3. The van der Waals surface area contributed by atoms with Gasteiger partial charge in [0.05, 0.1) is 12.6 Å². The SMILES string of the molecule is COCc1ocnc1CNc1ncnc2c1nnn2C1CC1. The molecule has 3 aromatic heterocycles. The van der Waals surface area contributed by atoms with Crippen molar-refractivity contribution in [2.75, 3.05) is 12.4 Å². The van der Waals surface area contributed by atoms with Crippen LogP contribution in [0.3, 0.4) is 0 Å². The molecule has 3 heterocycles. The number of hydrogen-bond acceptors (Lipinski definition) is 8. The van der Waals surface area contributed by atoms with Crippen molar-refractivity contribution in [1.29, 1.82) is 0 Å². The first-order chi connectivity index (χ1) is 10.9. The van der Waals surface area contributed by atoms with E-state index in [1.54, 1.807) is 7.11 Å². The first-order valence-corrected chi connectivity index (χ1v) is 7.06. The Bertz CT molecular complexity index is 793. The minimum Gasteiger partial charge on any atom is -0.446 e. The number of aromatic nitrogens is 6. The average Bonchev–Trinajstić information content (AvgIpc) is 3.13. The molecule has 1 aliphatic carbocycles. The summed E-state index contributed by atoms with van der Waals surface area (Å²) >= 11 is 0. The molecule has 0 radical (unpaired) electrons. The van der Waals surface area contributed by atoms with Crippen LogP contribution in [0.15, 0.2) is 17.1 Å². The van der Waals surface area contributed by atoms with Crippen molar-refractivity contribution in [2.45, 2.75) is 32.0 Å². The Morgan fingerprint density at radius 1 is 1.36 bits per heavy atom. The summed E-state index contributed by atoms with van der Waals surface area (Å²) in [7, 11) is 1.61. The molecule has 114 valence electrons. The van der Waals surface area contributed by atoms with E-state index >= 15 is 0 Å². The van der Waals surface area contributed by atoms with Crippen molar-refractivity contribution in [3.05, 3.63) is 24.2 Å². The van der Waals surface area contributed by atoms with Gasteiger partial charge in [-0.3, -0.25) is 0 Å². The number of rotatable bonds is 6. The van der Waals surface area contributed by atoms with E-state index in [0.29, 0.717) is 36.3 Å². The van der Waals surface area contributed by atoms with Crippen LogP contribution in [-0.2, 0) is 17.9 Å². The summed E-state index contributed by atoms with van der Waals surface area (Å²) in [6.07, 6.45) is 5.19. The Hall–Kier alpha value is -2.55. The smallest absolute Gasteiger partial charge is 0.184 e. The molecule has 3 aromatic rings. The molecule has 0 spiro atoms. The Morgan fingerprint density at radius 2 is 2.27 bits per heavy atom. The van der Waals surface area contributed by atoms with Crippen molar-refractivity contribution in [3.63, 3.8) is 0 Å². The molecule has 1 saturated carbocycles. The first kappa shape index (κ1) is 13.1. The molecule has 0 atom stereocenters. The van der Waals surface area contributed by atoms with Gasteiger partial charge in [-0.05, 0) is 12.8 Å². The third-order valence-corrected chi connectivity index (χ3v) is 3.58. The Balaban J connectivity index is 1.57. The van der Waals surface area contributed by atoms with Gasteiger partial charge in [0.15, 0.2) is 29.1 Å². The molecule has 22 heavy (non-hydrogen) atoms. The summed E-state index contributed by atoms with van der Waals surface area (Å²) in [4.78, 5) is 12.7. The minimum absolute atomic E-state index is 0.383. The highest BCUT2D eigenvalue weighted by molar-refractivity contribution is 5.81. The van der Waals surface area contributed by atoms with Gasteiger partial charge < -0.3 is 14.5 Å². The molecule has 9 heteroatoms. The van der Waals surface area contributed by atoms with Crippen LogP contribution in [0.4, 0.5) is 5.82 Å². The number of oxazole rings is 1. The topological polar surface area (TPSA) is 104 Å². The first-order valence-electron chi connectivity index (χ1n) is 7.06. The lowest BCUT2D eigenvalue weighted by molar-refractivity contribution is 0.163. The van der Waals surface area contributed by atoms with Crippen LogP contribution in [0.2, 0.25) is 0 Å². The molecule has 0 aliphatic heterocycles. The van der Waals surface area contributed by atoms with Crippen LogP contribution in [0, 0.1) is 0 Å². The molecule has 0 amide bonds. The number of methoxy groups -OCH3 is 1.